The molecular weight excluding hydrogens is 218 g/mol. The van der Waals surface area contributed by atoms with Crippen LogP contribution in [0.25, 0.3) is 0 Å². The summed E-state index contributed by atoms with van der Waals surface area (Å²) in [5, 5.41) is 16.2. The van der Waals surface area contributed by atoms with Crippen LogP contribution in [0, 0.1) is 0 Å². The van der Waals surface area contributed by atoms with E-state index in [4.69, 9.17) is 0 Å². The lowest BCUT2D eigenvalue weighted by Gasteiger charge is -2.04. The third kappa shape index (κ3) is 2.44. The first-order chi connectivity index (χ1) is 8.20. The van der Waals surface area contributed by atoms with E-state index in [0.29, 0.717) is 17.8 Å². The van der Waals surface area contributed by atoms with Crippen LogP contribution in [-0.2, 0) is 6.54 Å². The molecule has 1 amide bonds. The molecule has 5 nitrogen and oxygen atoms in total. The second kappa shape index (κ2) is 4.69. The van der Waals surface area contributed by atoms with Crippen molar-refractivity contribution in [2.24, 2.45) is 0 Å². The first kappa shape index (κ1) is 11.2. The topological polar surface area (TPSA) is 67.2 Å². The Morgan fingerprint density at radius 1 is 1.47 bits per heavy atom. The summed E-state index contributed by atoms with van der Waals surface area (Å²) in [6.45, 7) is 2.65. The Bertz CT molecular complexity index is 534. The average Bonchev–Trinajstić information content (AvgIpc) is 2.81. The van der Waals surface area contributed by atoms with Gasteiger partial charge < -0.3 is 10.4 Å². The number of phenols is 1. The number of hydrogen-bond donors (Lipinski definition) is 2. The number of carbonyl (C=O) groups is 1. The van der Waals surface area contributed by atoms with E-state index < -0.39 is 0 Å². The van der Waals surface area contributed by atoms with Crippen molar-refractivity contribution in [3.8, 4) is 5.75 Å². The molecule has 2 aromatic rings. The van der Waals surface area contributed by atoms with E-state index >= 15 is 0 Å². The Morgan fingerprint density at radius 2 is 2.24 bits per heavy atom. The molecule has 0 aliphatic rings. The van der Waals surface area contributed by atoms with E-state index in [-0.39, 0.29) is 11.7 Å². The van der Waals surface area contributed by atoms with Crippen molar-refractivity contribution in [2.75, 3.05) is 5.32 Å². The number of aromatic nitrogens is 2. The highest BCUT2D eigenvalue weighted by atomic mass is 16.3. The molecule has 1 aromatic carbocycles. The number of aromatic hydroxyl groups is 1. The van der Waals surface area contributed by atoms with Crippen LogP contribution in [0.2, 0.25) is 0 Å². The fourth-order valence-electron chi connectivity index (χ4n) is 1.43. The molecule has 0 spiro atoms. The number of nitrogens with zero attached hydrogens (tertiary/aromatic N) is 2. The van der Waals surface area contributed by atoms with Crippen molar-refractivity contribution < 1.29 is 9.90 Å². The van der Waals surface area contributed by atoms with Crippen molar-refractivity contribution in [3.63, 3.8) is 0 Å². The fraction of sp³-hybridized carbons (Fsp3) is 0.167. The summed E-state index contributed by atoms with van der Waals surface area (Å²) in [7, 11) is 0. The fourth-order valence-corrected chi connectivity index (χ4v) is 1.43. The highest BCUT2D eigenvalue weighted by Gasteiger charge is 2.10. The first-order valence-corrected chi connectivity index (χ1v) is 5.32. The molecule has 0 bridgehead atoms. The highest BCUT2D eigenvalue weighted by molar-refractivity contribution is 6.04. The van der Waals surface area contributed by atoms with Crippen LogP contribution in [0.1, 0.15) is 17.3 Å². The van der Waals surface area contributed by atoms with Gasteiger partial charge >= 0.3 is 0 Å². The molecule has 88 valence electrons. The number of para-hydroxylation sites is 2. The zero-order valence-corrected chi connectivity index (χ0v) is 9.42. The monoisotopic (exact) mass is 231 g/mol. The van der Waals surface area contributed by atoms with Crippen LogP contribution >= 0.6 is 0 Å². The van der Waals surface area contributed by atoms with E-state index in [1.54, 1.807) is 29.1 Å². The number of benzene rings is 1. The molecule has 17 heavy (non-hydrogen) atoms. The van der Waals surface area contributed by atoms with E-state index in [0.717, 1.165) is 0 Å². The number of phenolic OH excluding ortho intramolecular Hbond substituents is 1. The molecule has 1 aromatic heterocycles. The van der Waals surface area contributed by atoms with Gasteiger partial charge in [-0.3, -0.25) is 9.48 Å². The van der Waals surface area contributed by atoms with Crippen LogP contribution in [0.15, 0.2) is 36.7 Å². The average molecular weight is 231 g/mol. The quantitative estimate of drug-likeness (QED) is 0.792. The molecule has 2 N–H and O–H groups in total. The van der Waals surface area contributed by atoms with Gasteiger partial charge in [0, 0.05) is 12.7 Å². The third-order valence-corrected chi connectivity index (χ3v) is 2.37. The second-order valence-electron chi connectivity index (χ2n) is 3.56. The van der Waals surface area contributed by atoms with Gasteiger partial charge in [-0.2, -0.15) is 5.10 Å². The number of nitrogens with one attached hydrogen (secondary N) is 1. The molecule has 0 aliphatic carbocycles. The zero-order chi connectivity index (χ0) is 12.3. The van der Waals surface area contributed by atoms with Gasteiger partial charge in [0.2, 0.25) is 0 Å². The second-order valence-corrected chi connectivity index (χ2v) is 3.56. The number of hydrogen-bond acceptors (Lipinski definition) is 3. The van der Waals surface area contributed by atoms with Gasteiger partial charge in [-0.25, -0.2) is 0 Å². The summed E-state index contributed by atoms with van der Waals surface area (Å²) >= 11 is 0. The van der Waals surface area contributed by atoms with Crippen LogP contribution in [0.3, 0.4) is 0 Å². The van der Waals surface area contributed by atoms with Gasteiger partial charge in [0.15, 0.2) is 0 Å². The van der Waals surface area contributed by atoms with Gasteiger partial charge in [0.05, 0.1) is 17.4 Å². The minimum Gasteiger partial charge on any atom is -0.506 e. The highest BCUT2D eigenvalue weighted by Crippen LogP contribution is 2.21. The molecule has 1 heterocycles. The molecule has 0 atom stereocenters. The minimum atomic E-state index is -0.286. The number of rotatable bonds is 3. The van der Waals surface area contributed by atoms with Gasteiger partial charge in [0.25, 0.3) is 5.91 Å². The maximum atomic E-state index is 11.8. The van der Waals surface area contributed by atoms with Crippen molar-refractivity contribution in [1.82, 2.24) is 9.78 Å². The largest absolute Gasteiger partial charge is 0.506 e. The maximum Gasteiger partial charge on any atom is 0.258 e. The van der Waals surface area contributed by atoms with Gasteiger partial charge in [-0.05, 0) is 19.1 Å². The van der Waals surface area contributed by atoms with E-state index in [1.165, 1.54) is 12.3 Å². The number of amides is 1. The Balaban J connectivity index is 2.14. The smallest absolute Gasteiger partial charge is 0.258 e. The standard InChI is InChI=1S/C12H13N3O2/c1-2-15-8-9(7-13-15)12(17)14-10-5-3-4-6-11(10)16/h3-8,16H,2H2,1H3,(H,14,17). The summed E-state index contributed by atoms with van der Waals surface area (Å²) in [6.07, 6.45) is 3.16. The first-order valence-electron chi connectivity index (χ1n) is 5.32. The van der Waals surface area contributed by atoms with Crippen LogP contribution in [0.5, 0.6) is 5.75 Å². The number of aryl methyl sites for hydroxylation is 1. The van der Waals surface area contributed by atoms with Crippen LogP contribution < -0.4 is 5.32 Å². The molecule has 0 unspecified atom stereocenters. The summed E-state index contributed by atoms with van der Waals surface area (Å²) in [4.78, 5) is 11.8. The number of carbonyl (C=O) groups excluding carboxylic acids is 1. The predicted octanol–water partition coefficient (Wildman–Crippen LogP) is 1.86. The zero-order valence-electron chi connectivity index (χ0n) is 9.42. The summed E-state index contributed by atoms with van der Waals surface area (Å²) in [5.41, 5.74) is 0.858. The Kier molecular flexibility index (Phi) is 3.09. The molecular formula is C12H13N3O2. The molecule has 2 rings (SSSR count). The van der Waals surface area contributed by atoms with Crippen molar-refractivity contribution in [2.45, 2.75) is 13.5 Å². The summed E-state index contributed by atoms with van der Waals surface area (Å²) in [6, 6.07) is 6.59. The molecule has 0 fully saturated rings. The molecule has 5 heteroatoms. The molecule has 0 radical (unpaired) electrons. The van der Waals surface area contributed by atoms with Crippen LogP contribution in [-0.4, -0.2) is 20.8 Å². The van der Waals surface area contributed by atoms with Gasteiger partial charge in [-0.1, -0.05) is 12.1 Å². The Morgan fingerprint density at radius 3 is 2.88 bits per heavy atom. The third-order valence-electron chi connectivity index (χ3n) is 2.37. The summed E-state index contributed by atoms with van der Waals surface area (Å²) in [5.74, 6) is -0.241. The molecule has 0 saturated heterocycles. The Hall–Kier alpha value is -2.30. The molecule has 0 saturated carbocycles. The van der Waals surface area contributed by atoms with E-state index in [9.17, 15) is 9.90 Å². The minimum absolute atomic E-state index is 0.0451. The maximum absolute atomic E-state index is 11.8. The van der Waals surface area contributed by atoms with Crippen LogP contribution in [0.4, 0.5) is 5.69 Å². The van der Waals surface area contributed by atoms with Crippen molar-refractivity contribution in [1.29, 1.82) is 0 Å². The lowest BCUT2D eigenvalue weighted by molar-refractivity contribution is 0.102. The van der Waals surface area contributed by atoms with E-state index in [2.05, 4.69) is 10.4 Å². The lowest BCUT2D eigenvalue weighted by Crippen LogP contribution is -2.11. The predicted molar refractivity (Wildman–Crippen MR) is 64.0 cm³/mol. The normalized spacial score (nSPS) is 10.2. The van der Waals surface area contributed by atoms with E-state index in [1.807, 2.05) is 6.92 Å². The summed E-state index contributed by atoms with van der Waals surface area (Å²) < 4.78 is 1.67. The number of anilines is 1. The Labute approximate surface area is 98.7 Å². The van der Waals surface area contributed by atoms with Gasteiger partial charge in [0.1, 0.15) is 5.75 Å². The van der Waals surface area contributed by atoms with Crippen molar-refractivity contribution in [3.05, 3.63) is 42.2 Å². The lowest BCUT2D eigenvalue weighted by atomic mass is 10.2. The SMILES string of the molecule is CCn1cc(C(=O)Nc2ccccc2O)cn1. The van der Waals surface area contributed by atoms with Gasteiger partial charge in [-0.15, -0.1) is 0 Å². The molecule has 0 aliphatic heterocycles. The van der Waals surface area contributed by atoms with Crippen molar-refractivity contribution >= 4 is 11.6 Å².